The van der Waals surface area contributed by atoms with Crippen molar-refractivity contribution in [3.05, 3.63) is 17.7 Å². The maximum atomic E-state index is 10.4. The number of nitrogens with zero attached hydrogens (tertiary/aromatic N) is 1. The highest BCUT2D eigenvalue weighted by Gasteiger charge is 2.13. The first-order valence-corrected chi connectivity index (χ1v) is 8.84. The molecular formula is C19H33NO3. The van der Waals surface area contributed by atoms with Gasteiger partial charge in [0, 0.05) is 6.54 Å². The summed E-state index contributed by atoms with van der Waals surface area (Å²) >= 11 is 0. The van der Waals surface area contributed by atoms with Crippen LogP contribution in [0.25, 0.3) is 0 Å². The van der Waals surface area contributed by atoms with Crippen LogP contribution in [0.5, 0.6) is 17.2 Å². The van der Waals surface area contributed by atoms with Gasteiger partial charge < -0.3 is 19.5 Å². The molecule has 0 atom stereocenters. The molecule has 0 saturated heterocycles. The van der Waals surface area contributed by atoms with Crippen molar-refractivity contribution in [1.82, 2.24) is 4.90 Å². The highest BCUT2D eigenvalue weighted by Crippen LogP contribution is 2.38. The Morgan fingerprint density at radius 2 is 1.35 bits per heavy atom. The Balaban J connectivity index is 2.79. The topological polar surface area (TPSA) is 41.9 Å². The molecular weight excluding hydrogens is 290 g/mol. The van der Waals surface area contributed by atoms with Crippen LogP contribution < -0.4 is 9.47 Å². The van der Waals surface area contributed by atoms with Crippen LogP contribution in [-0.4, -0.2) is 37.3 Å². The van der Waals surface area contributed by atoms with Crippen LogP contribution in [0.4, 0.5) is 0 Å². The van der Waals surface area contributed by atoms with Gasteiger partial charge in [0.15, 0.2) is 11.5 Å². The van der Waals surface area contributed by atoms with Crippen molar-refractivity contribution in [2.24, 2.45) is 0 Å². The summed E-state index contributed by atoms with van der Waals surface area (Å²) in [5.74, 6) is 1.19. The second kappa shape index (κ2) is 11.2. The van der Waals surface area contributed by atoms with Gasteiger partial charge in [-0.1, -0.05) is 39.5 Å². The summed E-state index contributed by atoms with van der Waals surface area (Å²) in [5.41, 5.74) is 1.09. The first kappa shape index (κ1) is 19.6. The zero-order chi connectivity index (χ0) is 17.1. The maximum absolute atomic E-state index is 10.4. The summed E-state index contributed by atoms with van der Waals surface area (Å²) in [6, 6.07) is 3.83. The number of rotatable bonds is 12. The Bertz CT molecular complexity index is 413. The molecule has 0 bridgehead atoms. The van der Waals surface area contributed by atoms with Crippen LogP contribution in [0.1, 0.15) is 57.9 Å². The molecule has 0 unspecified atom stereocenters. The molecule has 0 aliphatic carbocycles. The van der Waals surface area contributed by atoms with Crippen LogP contribution in [0, 0.1) is 0 Å². The van der Waals surface area contributed by atoms with Crippen LogP contribution in [-0.2, 0) is 6.54 Å². The van der Waals surface area contributed by atoms with E-state index in [0.29, 0.717) is 24.7 Å². The number of ether oxygens (including phenoxy) is 2. The van der Waals surface area contributed by atoms with E-state index in [2.05, 4.69) is 18.7 Å². The molecule has 0 amide bonds. The lowest BCUT2D eigenvalue weighted by atomic mass is 10.1. The van der Waals surface area contributed by atoms with Crippen molar-refractivity contribution in [3.63, 3.8) is 0 Å². The molecule has 0 saturated carbocycles. The number of hydrogen-bond donors (Lipinski definition) is 1. The van der Waals surface area contributed by atoms with Crippen molar-refractivity contribution in [1.29, 1.82) is 0 Å². The molecule has 4 heteroatoms. The molecule has 4 nitrogen and oxygen atoms in total. The number of phenolic OH excluding ortho intramolecular Hbond substituents is 1. The van der Waals surface area contributed by atoms with E-state index in [4.69, 9.17) is 9.47 Å². The summed E-state index contributed by atoms with van der Waals surface area (Å²) in [4.78, 5) is 2.09. The molecule has 0 radical (unpaired) electrons. The van der Waals surface area contributed by atoms with Gasteiger partial charge in [-0.3, -0.25) is 0 Å². The molecule has 132 valence electrons. The summed E-state index contributed by atoms with van der Waals surface area (Å²) in [7, 11) is 4.05. The minimum atomic E-state index is 0.125. The molecule has 0 fully saturated rings. The standard InChI is InChI=1S/C19H33NO3/c1-5-7-9-11-22-17-13-16(15-20(3)4)14-18(19(17)21)23-12-10-8-6-2/h13-14,21H,5-12,15H2,1-4H3. The average molecular weight is 323 g/mol. The summed E-state index contributed by atoms with van der Waals surface area (Å²) in [6.45, 7) is 6.37. The molecule has 1 rings (SSSR count). The Morgan fingerprint density at radius 3 is 1.74 bits per heavy atom. The minimum Gasteiger partial charge on any atom is -0.502 e. The second-order valence-electron chi connectivity index (χ2n) is 6.29. The molecule has 0 aliphatic heterocycles. The molecule has 0 aromatic heterocycles. The zero-order valence-electron chi connectivity index (χ0n) is 15.2. The molecule has 1 aromatic carbocycles. The fourth-order valence-corrected chi connectivity index (χ4v) is 2.38. The van der Waals surface area contributed by atoms with E-state index in [1.54, 1.807) is 0 Å². The summed E-state index contributed by atoms with van der Waals surface area (Å²) in [5, 5.41) is 10.4. The van der Waals surface area contributed by atoms with Crippen LogP contribution in [0.3, 0.4) is 0 Å². The molecule has 0 aliphatic rings. The van der Waals surface area contributed by atoms with E-state index in [9.17, 15) is 5.11 Å². The third kappa shape index (κ3) is 7.60. The van der Waals surface area contributed by atoms with Crippen molar-refractivity contribution < 1.29 is 14.6 Å². The fraction of sp³-hybridized carbons (Fsp3) is 0.684. The molecule has 0 spiro atoms. The van der Waals surface area contributed by atoms with E-state index in [1.165, 1.54) is 0 Å². The smallest absolute Gasteiger partial charge is 0.200 e. The van der Waals surface area contributed by atoms with E-state index in [1.807, 2.05) is 26.2 Å². The Labute approximate surface area is 141 Å². The quantitative estimate of drug-likeness (QED) is 0.571. The van der Waals surface area contributed by atoms with Crippen molar-refractivity contribution in [3.8, 4) is 17.2 Å². The van der Waals surface area contributed by atoms with Gasteiger partial charge in [-0.05, 0) is 44.6 Å². The second-order valence-corrected chi connectivity index (χ2v) is 6.29. The minimum absolute atomic E-state index is 0.125. The lowest BCUT2D eigenvalue weighted by Crippen LogP contribution is -2.11. The van der Waals surface area contributed by atoms with Gasteiger partial charge in [0.2, 0.25) is 5.75 Å². The zero-order valence-corrected chi connectivity index (χ0v) is 15.2. The van der Waals surface area contributed by atoms with Gasteiger partial charge in [0.25, 0.3) is 0 Å². The van der Waals surface area contributed by atoms with Crippen molar-refractivity contribution >= 4 is 0 Å². The normalized spacial score (nSPS) is 11.0. The average Bonchev–Trinajstić information content (AvgIpc) is 2.51. The molecule has 0 heterocycles. The lowest BCUT2D eigenvalue weighted by Gasteiger charge is -2.16. The van der Waals surface area contributed by atoms with Gasteiger partial charge in [-0.15, -0.1) is 0 Å². The third-order valence-corrected chi connectivity index (χ3v) is 3.61. The van der Waals surface area contributed by atoms with E-state index in [-0.39, 0.29) is 5.75 Å². The van der Waals surface area contributed by atoms with Gasteiger partial charge in [-0.2, -0.15) is 0 Å². The predicted octanol–water partition coefficient (Wildman–Crippen LogP) is 4.59. The predicted molar refractivity (Wildman–Crippen MR) is 95.5 cm³/mol. The largest absolute Gasteiger partial charge is 0.502 e. The number of unbranched alkanes of at least 4 members (excludes halogenated alkanes) is 4. The van der Waals surface area contributed by atoms with Crippen molar-refractivity contribution in [2.75, 3.05) is 27.3 Å². The van der Waals surface area contributed by atoms with E-state index < -0.39 is 0 Å². The SMILES string of the molecule is CCCCCOc1cc(CN(C)C)cc(OCCCCC)c1O. The Hall–Kier alpha value is -1.42. The van der Waals surface area contributed by atoms with Crippen LogP contribution in [0.15, 0.2) is 12.1 Å². The molecule has 23 heavy (non-hydrogen) atoms. The van der Waals surface area contributed by atoms with Crippen molar-refractivity contribution in [2.45, 2.75) is 58.9 Å². The monoisotopic (exact) mass is 323 g/mol. The Morgan fingerprint density at radius 1 is 0.870 bits per heavy atom. The Kier molecular flexibility index (Phi) is 9.53. The highest BCUT2D eigenvalue weighted by molar-refractivity contribution is 5.52. The summed E-state index contributed by atoms with van der Waals surface area (Å²) < 4.78 is 11.6. The van der Waals surface area contributed by atoms with E-state index in [0.717, 1.165) is 50.6 Å². The molecule has 1 aromatic rings. The van der Waals surface area contributed by atoms with Gasteiger partial charge in [-0.25, -0.2) is 0 Å². The van der Waals surface area contributed by atoms with E-state index >= 15 is 0 Å². The number of phenols is 1. The van der Waals surface area contributed by atoms with Crippen LogP contribution in [0.2, 0.25) is 0 Å². The molecule has 1 N–H and O–H groups in total. The van der Waals surface area contributed by atoms with Gasteiger partial charge >= 0.3 is 0 Å². The lowest BCUT2D eigenvalue weighted by molar-refractivity contribution is 0.264. The summed E-state index contributed by atoms with van der Waals surface area (Å²) in [6.07, 6.45) is 6.59. The maximum Gasteiger partial charge on any atom is 0.200 e. The number of hydrogen-bond acceptors (Lipinski definition) is 4. The first-order valence-electron chi connectivity index (χ1n) is 8.84. The number of aromatic hydroxyl groups is 1. The van der Waals surface area contributed by atoms with Crippen LogP contribution >= 0.6 is 0 Å². The first-order chi connectivity index (χ1) is 11.1. The third-order valence-electron chi connectivity index (χ3n) is 3.61. The van der Waals surface area contributed by atoms with Gasteiger partial charge in [0.1, 0.15) is 0 Å². The fourth-order valence-electron chi connectivity index (χ4n) is 2.38. The van der Waals surface area contributed by atoms with Gasteiger partial charge in [0.05, 0.1) is 13.2 Å². The highest BCUT2D eigenvalue weighted by atomic mass is 16.5. The number of benzene rings is 1.